The van der Waals surface area contributed by atoms with Gasteiger partial charge in [0.2, 0.25) is 0 Å². The van der Waals surface area contributed by atoms with Gasteiger partial charge in [0.15, 0.2) is 0 Å². The molecule has 1 aliphatic heterocycles. The smallest absolute Gasteiger partial charge is 0.326 e. The van der Waals surface area contributed by atoms with Gasteiger partial charge in [-0.15, -0.1) is 0 Å². The van der Waals surface area contributed by atoms with E-state index >= 15 is 0 Å². The van der Waals surface area contributed by atoms with Gasteiger partial charge in [0, 0.05) is 13.1 Å². The Kier molecular flexibility index (Phi) is 5.80. The monoisotopic (exact) mass is 242 g/mol. The van der Waals surface area contributed by atoms with Crippen LogP contribution in [-0.4, -0.2) is 41.1 Å². The number of amides is 2. The third-order valence-corrected chi connectivity index (χ3v) is 3.11. The zero-order valence-corrected chi connectivity index (χ0v) is 10.4. The Labute approximate surface area is 102 Å². The van der Waals surface area contributed by atoms with Crippen LogP contribution < -0.4 is 5.32 Å². The largest absolute Gasteiger partial charge is 0.480 e. The van der Waals surface area contributed by atoms with Crippen molar-refractivity contribution < 1.29 is 14.7 Å². The molecule has 0 aromatic carbocycles. The van der Waals surface area contributed by atoms with Crippen LogP contribution in [0.15, 0.2) is 0 Å². The maximum absolute atomic E-state index is 11.7. The molecular weight excluding hydrogens is 220 g/mol. The molecule has 98 valence electrons. The van der Waals surface area contributed by atoms with Crippen molar-refractivity contribution in [1.82, 2.24) is 10.2 Å². The summed E-state index contributed by atoms with van der Waals surface area (Å²) in [5, 5.41) is 11.7. The lowest BCUT2D eigenvalue weighted by Gasteiger charge is -2.21. The predicted octanol–water partition coefficient (Wildman–Crippen LogP) is 1.83. The van der Waals surface area contributed by atoms with Gasteiger partial charge >= 0.3 is 12.0 Å². The maximum atomic E-state index is 11.7. The maximum Gasteiger partial charge on any atom is 0.326 e. The van der Waals surface area contributed by atoms with Crippen molar-refractivity contribution in [1.29, 1.82) is 0 Å². The molecule has 17 heavy (non-hydrogen) atoms. The van der Waals surface area contributed by atoms with Gasteiger partial charge in [-0.1, -0.05) is 26.2 Å². The van der Waals surface area contributed by atoms with E-state index in [1.165, 1.54) is 17.7 Å². The van der Waals surface area contributed by atoms with Crippen molar-refractivity contribution in [2.24, 2.45) is 0 Å². The van der Waals surface area contributed by atoms with Crippen LogP contribution in [0, 0.1) is 0 Å². The van der Waals surface area contributed by atoms with Gasteiger partial charge in [0.1, 0.15) is 6.04 Å². The Hall–Kier alpha value is -1.26. The fraction of sp³-hybridized carbons (Fsp3) is 0.833. The van der Waals surface area contributed by atoms with E-state index in [1.807, 2.05) is 0 Å². The van der Waals surface area contributed by atoms with Gasteiger partial charge in [0.05, 0.1) is 0 Å². The number of carboxylic acid groups (broad SMARTS) is 1. The van der Waals surface area contributed by atoms with E-state index in [2.05, 4.69) is 12.2 Å². The molecule has 0 spiro atoms. The van der Waals surface area contributed by atoms with E-state index in [0.29, 0.717) is 19.5 Å². The molecule has 1 fully saturated rings. The van der Waals surface area contributed by atoms with Crippen molar-refractivity contribution in [3.05, 3.63) is 0 Å². The number of unbranched alkanes of at least 4 members (excludes halogenated alkanes) is 3. The van der Waals surface area contributed by atoms with Gasteiger partial charge in [0.25, 0.3) is 0 Å². The number of hydrogen-bond donors (Lipinski definition) is 2. The zero-order chi connectivity index (χ0) is 12.7. The van der Waals surface area contributed by atoms with Crippen LogP contribution in [0.4, 0.5) is 4.79 Å². The SMILES string of the molecule is CCCCCCNC(=O)N1CCC[C@@H]1C(=O)O. The molecule has 0 radical (unpaired) electrons. The first-order chi connectivity index (χ1) is 8.16. The highest BCUT2D eigenvalue weighted by molar-refractivity contribution is 5.83. The van der Waals surface area contributed by atoms with E-state index in [4.69, 9.17) is 5.11 Å². The highest BCUT2D eigenvalue weighted by atomic mass is 16.4. The lowest BCUT2D eigenvalue weighted by molar-refractivity contribution is -0.141. The minimum atomic E-state index is -0.899. The lowest BCUT2D eigenvalue weighted by Crippen LogP contribution is -2.46. The number of carboxylic acids is 1. The Bertz CT molecular complexity index is 268. The first-order valence-electron chi connectivity index (χ1n) is 6.44. The number of nitrogens with zero attached hydrogens (tertiary/aromatic N) is 1. The summed E-state index contributed by atoms with van der Waals surface area (Å²) >= 11 is 0. The summed E-state index contributed by atoms with van der Waals surface area (Å²) in [7, 11) is 0. The van der Waals surface area contributed by atoms with Crippen LogP contribution in [0.5, 0.6) is 0 Å². The van der Waals surface area contributed by atoms with Gasteiger partial charge in [-0.05, 0) is 19.3 Å². The summed E-state index contributed by atoms with van der Waals surface area (Å²) in [6.07, 6.45) is 5.77. The van der Waals surface area contributed by atoms with Crippen LogP contribution >= 0.6 is 0 Å². The van der Waals surface area contributed by atoms with E-state index in [0.717, 1.165) is 19.3 Å². The third-order valence-electron chi connectivity index (χ3n) is 3.11. The Morgan fingerprint density at radius 1 is 1.35 bits per heavy atom. The average molecular weight is 242 g/mol. The fourth-order valence-electron chi connectivity index (χ4n) is 2.12. The third kappa shape index (κ3) is 4.24. The highest BCUT2D eigenvalue weighted by Gasteiger charge is 2.33. The minimum Gasteiger partial charge on any atom is -0.480 e. The molecule has 0 saturated carbocycles. The number of carbonyl (C=O) groups is 2. The Morgan fingerprint density at radius 2 is 2.12 bits per heavy atom. The van der Waals surface area contributed by atoms with Crippen molar-refractivity contribution in [3.8, 4) is 0 Å². The van der Waals surface area contributed by atoms with Gasteiger partial charge < -0.3 is 15.3 Å². The number of aliphatic carboxylic acids is 1. The van der Waals surface area contributed by atoms with Crippen molar-refractivity contribution >= 4 is 12.0 Å². The van der Waals surface area contributed by atoms with Gasteiger partial charge in [-0.25, -0.2) is 9.59 Å². The summed E-state index contributed by atoms with van der Waals surface area (Å²) in [5.74, 6) is -0.899. The molecule has 1 heterocycles. The summed E-state index contributed by atoms with van der Waals surface area (Å²) < 4.78 is 0. The molecule has 1 aliphatic rings. The number of likely N-dealkylation sites (tertiary alicyclic amines) is 1. The molecule has 5 heteroatoms. The molecule has 1 saturated heterocycles. The number of urea groups is 1. The van der Waals surface area contributed by atoms with E-state index in [-0.39, 0.29) is 6.03 Å². The molecule has 0 bridgehead atoms. The topological polar surface area (TPSA) is 69.6 Å². The van der Waals surface area contributed by atoms with Crippen molar-refractivity contribution in [2.75, 3.05) is 13.1 Å². The molecule has 2 N–H and O–H groups in total. The van der Waals surface area contributed by atoms with E-state index in [9.17, 15) is 9.59 Å². The highest BCUT2D eigenvalue weighted by Crippen LogP contribution is 2.17. The second kappa shape index (κ2) is 7.14. The fourth-order valence-corrected chi connectivity index (χ4v) is 2.12. The number of hydrogen-bond acceptors (Lipinski definition) is 2. The van der Waals surface area contributed by atoms with E-state index in [1.54, 1.807) is 0 Å². The van der Waals surface area contributed by atoms with Gasteiger partial charge in [-0.3, -0.25) is 0 Å². The molecule has 0 aromatic heterocycles. The molecule has 5 nitrogen and oxygen atoms in total. The Balaban J connectivity index is 2.25. The summed E-state index contributed by atoms with van der Waals surface area (Å²) in [5.41, 5.74) is 0. The van der Waals surface area contributed by atoms with Crippen LogP contribution in [0.25, 0.3) is 0 Å². The molecule has 0 aromatic rings. The van der Waals surface area contributed by atoms with E-state index < -0.39 is 12.0 Å². The minimum absolute atomic E-state index is 0.230. The molecule has 1 rings (SSSR count). The molecule has 0 aliphatic carbocycles. The molecule has 1 atom stereocenters. The van der Waals surface area contributed by atoms with Crippen LogP contribution in [-0.2, 0) is 4.79 Å². The summed E-state index contributed by atoms with van der Waals surface area (Å²) in [4.78, 5) is 24.1. The number of rotatable bonds is 6. The number of carbonyl (C=O) groups excluding carboxylic acids is 1. The standard InChI is InChI=1S/C12H22N2O3/c1-2-3-4-5-8-13-12(17)14-9-6-7-10(14)11(15)16/h10H,2-9H2,1H3,(H,13,17)(H,15,16)/t10-/m1/s1. The van der Waals surface area contributed by atoms with Crippen LogP contribution in [0.1, 0.15) is 45.4 Å². The second-order valence-electron chi connectivity index (χ2n) is 4.48. The van der Waals surface area contributed by atoms with Crippen LogP contribution in [0.3, 0.4) is 0 Å². The van der Waals surface area contributed by atoms with Crippen molar-refractivity contribution in [2.45, 2.75) is 51.5 Å². The normalized spacial score (nSPS) is 19.4. The number of nitrogens with one attached hydrogen (secondary N) is 1. The lowest BCUT2D eigenvalue weighted by atomic mass is 10.2. The first kappa shape index (κ1) is 13.8. The van der Waals surface area contributed by atoms with Crippen LogP contribution in [0.2, 0.25) is 0 Å². The Morgan fingerprint density at radius 3 is 2.76 bits per heavy atom. The van der Waals surface area contributed by atoms with Crippen molar-refractivity contribution in [3.63, 3.8) is 0 Å². The molecule has 2 amide bonds. The zero-order valence-electron chi connectivity index (χ0n) is 10.4. The van der Waals surface area contributed by atoms with Gasteiger partial charge in [-0.2, -0.15) is 0 Å². The predicted molar refractivity (Wildman–Crippen MR) is 64.9 cm³/mol. The summed E-state index contributed by atoms with van der Waals surface area (Å²) in [6.45, 7) is 3.33. The molecule has 0 unspecified atom stereocenters. The molecular formula is C12H22N2O3. The quantitative estimate of drug-likeness (QED) is 0.698. The first-order valence-corrected chi connectivity index (χ1v) is 6.44. The summed E-state index contributed by atoms with van der Waals surface area (Å²) in [6, 6.07) is -0.864. The average Bonchev–Trinajstić information content (AvgIpc) is 2.77. The second-order valence-corrected chi connectivity index (χ2v) is 4.48.